The van der Waals surface area contributed by atoms with Gasteiger partial charge in [-0.3, -0.25) is 4.79 Å². The number of aliphatic hydroxyl groups excluding tert-OH is 4. The van der Waals surface area contributed by atoms with Crippen LogP contribution in [-0.4, -0.2) is 57.3 Å². The van der Waals surface area contributed by atoms with Crippen LogP contribution in [0, 0.1) is 0 Å². The number of carbonyl (C=O) groups is 1. The molecule has 0 saturated heterocycles. The fourth-order valence-corrected chi connectivity index (χ4v) is 8.02. The predicted octanol–water partition coefficient (Wildman–Crippen LogP) is 15.0. The largest absolute Gasteiger partial charge is 0.394 e. The highest BCUT2D eigenvalue weighted by Gasteiger charge is 2.28. The zero-order chi connectivity index (χ0) is 44.5. The highest BCUT2D eigenvalue weighted by Crippen LogP contribution is 2.16. The molecular weight excluding hydrogens is 755 g/mol. The minimum atomic E-state index is -1.29. The second kappa shape index (κ2) is 49.3. The van der Waals surface area contributed by atoms with Gasteiger partial charge in [0, 0.05) is 0 Å². The van der Waals surface area contributed by atoms with Crippen molar-refractivity contribution in [3.05, 3.63) is 48.6 Å². The third kappa shape index (κ3) is 43.3. The first-order valence-electron chi connectivity index (χ1n) is 26.5. The lowest BCUT2D eigenvalue weighted by Crippen LogP contribution is -2.53. The molecule has 0 fully saturated rings. The Labute approximate surface area is 379 Å². The van der Waals surface area contributed by atoms with Gasteiger partial charge < -0.3 is 25.7 Å². The number of hydrogen-bond acceptors (Lipinski definition) is 5. The lowest BCUT2D eigenvalue weighted by molar-refractivity contribution is -0.132. The Kier molecular flexibility index (Phi) is 47.9. The number of hydrogen-bond donors (Lipinski definition) is 5. The fraction of sp³-hybridized carbons (Fsp3) is 0.836. The average molecular weight is 858 g/mol. The first kappa shape index (κ1) is 59.3. The minimum Gasteiger partial charge on any atom is -0.394 e. The third-order valence-electron chi connectivity index (χ3n) is 12.2. The van der Waals surface area contributed by atoms with Gasteiger partial charge in [-0.15, -0.1) is 0 Å². The highest BCUT2D eigenvalue weighted by molar-refractivity contribution is 5.80. The van der Waals surface area contributed by atoms with Crippen LogP contribution in [0.3, 0.4) is 0 Å². The number of carbonyl (C=O) groups excluding carboxylic acids is 1. The summed E-state index contributed by atoms with van der Waals surface area (Å²) >= 11 is 0. The van der Waals surface area contributed by atoms with Gasteiger partial charge >= 0.3 is 0 Å². The molecule has 0 aromatic carbocycles. The topological polar surface area (TPSA) is 110 Å². The quantitative estimate of drug-likeness (QED) is 0.0309. The SMILES string of the molecule is CCCCC/C=C/CC/C=C/CC/C=C/CCCC(O)C(O)C(CO)NC(=O)C(O)CCCCCCCCCCCCCCC/C=C\CCCCCCCCCCCCCC. The van der Waals surface area contributed by atoms with Crippen molar-refractivity contribution in [1.82, 2.24) is 5.32 Å². The van der Waals surface area contributed by atoms with Crippen LogP contribution in [0.25, 0.3) is 0 Å². The Morgan fingerprint density at radius 3 is 1.07 bits per heavy atom. The molecule has 358 valence electrons. The van der Waals surface area contributed by atoms with Crippen molar-refractivity contribution >= 4 is 5.91 Å². The molecule has 0 aliphatic rings. The summed E-state index contributed by atoms with van der Waals surface area (Å²) in [6.07, 6.45) is 61.7. The number of unbranched alkanes of at least 4 members (excludes halogenated alkanes) is 31. The van der Waals surface area contributed by atoms with Crippen LogP contribution in [0.2, 0.25) is 0 Å². The second-order valence-corrected chi connectivity index (χ2v) is 18.2. The summed E-state index contributed by atoms with van der Waals surface area (Å²) in [7, 11) is 0. The lowest BCUT2D eigenvalue weighted by atomic mass is 10.00. The smallest absolute Gasteiger partial charge is 0.249 e. The molecule has 5 N–H and O–H groups in total. The van der Waals surface area contributed by atoms with Crippen LogP contribution in [0.1, 0.15) is 264 Å². The van der Waals surface area contributed by atoms with Gasteiger partial charge in [0.15, 0.2) is 0 Å². The molecule has 0 heterocycles. The third-order valence-corrected chi connectivity index (χ3v) is 12.2. The molecule has 61 heavy (non-hydrogen) atoms. The number of rotatable bonds is 48. The lowest BCUT2D eigenvalue weighted by Gasteiger charge is -2.27. The Bertz CT molecular complexity index is 1010. The second-order valence-electron chi connectivity index (χ2n) is 18.2. The number of aliphatic hydroxyl groups is 4. The van der Waals surface area contributed by atoms with E-state index in [1.54, 1.807) is 0 Å². The number of nitrogens with one attached hydrogen (secondary N) is 1. The molecule has 0 spiro atoms. The normalized spacial score (nSPS) is 14.3. The zero-order valence-corrected chi connectivity index (χ0v) is 40.4. The molecule has 0 radical (unpaired) electrons. The summed E-state index contributed by atoms with van der Waals surface area (Å²) in [5.74, 6) is -0.599. The van der Waals surface area contributed by atoms with Crippen LogP contribution >= 0.6 is 0 Å². The summed E-state index contributed by atoms with van der Waals surface area (Å²) in [5.41, 5.74) is 0. The summed E-state index contributed by atoms with van der Waals surface area (Å²) in [6, 6.07) is -1.01. The molecule has 4 atom stereocenters. The summed E-state index contributed by atoms with van der Waals surface area (Å²) in [6.45, 7) is 4.02. The molecule has 0 aromatic rings. The molecule has 4 unspecified atom stereocenters. The summed E-state index contributed by atoms with van der Waals surface area (Å²) in [5, 5.41) is 43.8. The van der Waals surface area contributed by atoms with Gasteiger partial charge in [0.05, 0.1) is 18.8 Å². The van der Waals surface area contributed by atoms with E-state index in [9.17, 15) is 25.2 Å². The molecule has 0 aromatic heterocycles. The Morgan fingerprint density at radius 1 is 0.393 bits per heavy atom. The minimum absolute atomic E-state index is 0.358. The Hall–Kier alpha value is -1.73. The van der Waals surface area contributed by atoms with Crippen LogP contribution in [0.5, 0.6) is 0 Å². The monoisotopic (exact) mass is 858 g/mol. The van der Waals surface area contributed by atoms with E-state index in [1.807, 2.05) is 0 Å². The van der Waals surface area contributed by atoms with Crippen molar-refractivity contribution in [2.24, 2.45) is 0 Å². The summed E-state index contributed by atoms with van der Waals surface area (Å²) < 4.78 is 0. The van der Waals surface area contributed by atoms with Gasteiger partial charge in [-0.05, 0) is 89.9 Å². The van der Waals surface area contributed by atoms with E-state index in [0.717, 1.165) is 51.4 Å². The Balaban J connectivity index is 3.66. The van der Waals surface area contributed by atoms with Gasteiger partial charge in [0.25, 0.3) is 0 Å². The van der Waals surface area contributed by atoms with Crippen molar-refractivity contribution in [2.75, 3.05) is 6.61 Å². The van der Waals surface area contributed by atoms with E-state index in [2.05, 4.69) is 67.8 Å². The predicted molar refractivity (Wildman–Crippen MR) is 265 cm³/mol. The Morgan fingerprint density at radius 2 is 0.689 bits per heavy atom. The van der Waals surface area contributed by atoms with Crippen LogP contribution in [-0.2, 0) is 4.79 Å². The van der Waals surface area contributed by atoms with Crippen LogP contribution in [0.4, 0.5) is 0 Å². The maximum Gasteiger partial charge on any atom is 0.249 e. The van der Waals surface area contributed by atoms with Crippen LogP contribution in [0.15, 0.2) is 48.6 Å². The molecule has 0 saturated carbocycles. The van der Waals surface area contributed by atoms with Gasteiger partial charge in [-0.1, -0.05) is 223 Å². The summed E-state index contributed by atoms with van der Waals surface area (Å²) in [4.78, 5) is 12.6. The van der Waals surface area contributed by atoms with Crippen LogP contribution < -0.4 is 5.32 Å². The number of amides is 1. The van der Waals surface area contributed by atoms with Crippen molar-refractivity contribution in [3.8, 4) is 0 Å². The molecule has 1 amide bonds. The van der Waals surface area contributed by atoms with E-state index in [0.29, 0.717) is 19.3 Å². The maximum atomic E-state index is 12.6. The molecule has 0 bridgehead atoms. The maximum absolute atomic E-state index is 12.6. The van der Waals surface area contributed by atoms with Crippen molar-refractivity contribution < 1.29 is 25.2 Å². The first-order valence-corrected chi connectivity index (χ1v) is 26.5. The van der Waals surface area contributed by atoms with Crippen molar-refractivity contribution in [3.63, 3.8) is 0 Å². The van der Waals surface area contributed by atoms with E-state index in [-0.39, 0.29) is 0 Å². The fourth-order valence-electron chi connectivity index (χ4n) is 8.02. The zero-order valence-electron chi connectivity index (χ0n) is 40.4. The first-order chi connectivity index (χ1) is 30.0. The standard InChI is InChI=1S/C55H103NO5/c1-3-5-7-9-11-13-15-17-19-21-22-23-24-25-26-27-28-29-30-31-32-33-35-37-39-41-43-45-47-49-53(59)55(61)56-51(50-57)54(60)52(58)48-46-44-42-40-38-36-34-20-18-16-14-12-10-8-6-4-2/h12,14,20,25-26,34,40,42,51-54,57-60H,3-11,13,15-19,21-24,27-33,35-39,41,43-50H2,1-2H3,(H,56,61)/b14-12+,26-25-,34-20+,42-40+. The molecule has 6 nitrogen and oxygen atoms in total. The highest BCUT2D eigenvalue weighted by atomic mass is 16.3. The van der Waals surface area contributed by atoms with E-state index in [4.69, 9.17) is 0 Å². The molecule has 0 rings (SSSR count). The number of allylic oxidation sites excluding steroid dienone is 8. The average Bonchev–Trinajstić information content (AvgIpc) is 3.26. The van der Waals surface area contributed by atoms with E-state index in [1.165, 1.54) is 180 Å². The van der Waals surface area contributed by atoms with Gasteiger partial charge in [0.1, 0.15) is 12.2 Å². The van der Waals surface area contributed by atoms with Crippen molar-refractivity contribution in [1.29, 1.82) is 0 Å². The molecule has 0 aliphatic heterocycles. The molecular formula is C55H103NO5. The van der Waals surface area contributed by atoms with E-state index >= 15 is 0 Å². The van der Waals surface area contributed by atoms with Crippen molar-refractivity contribution in [2.45, 2.75) is 289 Å². The van der Waals surface area contributed by atoms with Gasteiger partial charge in [0.2, 0.25) is 5.91 Å². The van der Waals surface area contributed by atoms with Gasteiger partial charge in [-0.2, -0.15) is 0 Å². The van der Waals surface area contributed by atoms with Gasteiger partial charge in [-0.25, -0.2) is 0 Å². The van der Waals surface area contributed by atoms with E-state index < -0.39 is 36.9 Å². The molecule has 6 heteroatoms. The molecule has 0 aliphatic carbocycles.